The maximum absolute atomic E-state index is 12.5. The average molecular weight is 293 g/mol. The highest BCUT2D eigenvalue weighted by atomic mass is 16.2. The molecule has 1 aliphatic heterocycles. The number of hydrogen-bond acceptors (Lipinski definition) is 3. The van der Waals surface area contributed by atoms with Crippen molar-refractivity contribution in [2.45, 2.75) is 58.0 Å². The number of piperidine rings is 1. The van der Waals surface area contributed by atoms with Crippen molar-refractivity contribution < 1.29 is 4.79 Å². The van der Waals surface area contributed by atoms with Crippen molar-refractivity contribution >= 4 is 5.91 Å². The Bertz CT molecular complexity index is 376. The summed E-state index contributed by atoms with van der Waals surface area (Å²) in [6, 6.07) is 0.547. The Balaban J connectivity index is 1.45. The largest absolute Gasteiger partial charge is 0.354 e. The molecule has 5 unspecified atom stereocenters. The lowest BCUT2D eigenvalue weighted by Gasteiger charge is -2.35. The Labute approximate surface area is 128 Å². The molecule has 3 N–H and O–H groups in total. The van der Waals surface area contributed by atoms with Gasteiger partial charge in [-0.2, -0.15) is 0 Å². The molecule has 3 aliphatic rings. The van der Waals surface area contributed by atoms with Crippen LogP contribution in [0.15, 0.2) is 0 Å². The number of hydrogen-bond donors (Lipinski definition) is 2. The quantitative estimate of drug-likeness (QED) is 0.828. The molecule has 5 atom stereocenters. The van der Waals surface area contributed by atoms with Crippen LogP contribution in [-0.4, -0.2) is 42.5 Å². The first-order valence-corrected chi connectivity index (χ1v) is 8.83. The number of nitrogens with two attached hydrogens (primary N) is 1. The molecule has 3 fully saturated rings. The van der Waals surface area contributed by atoms with Crippen LogP contribution in [0.1, 0.15) is 46.0 Å². The van der Waals surface area contributed by atoms with Crippen LogP contribution in [0.4, 0.5) is 0 Å². The van der Waals surface area contributed by atoms with Gasteiger partial charge in [0.1, 0.15) is 0 Å². The van der Waals surface area contributed by atoms with Crippen molar-refractivity contribution in [2.24, 2.45) is 29.4 Å². The van der Waals surface area contributed by atoms with Crippen LogP contribution in [0.25, 0.3) is 0 Å². The molecule has 1 heterocycles. The lowest BCUT2D eigenvalue weighted by molar-refractivity contribution is -0.127. The molecular formula is C17H31N3O. The van der Waals surface area contributed by atoms with E-state index in [1.54, 1.807) is 0 Å². The van der Waals surface area contributed by atoms with Gasteiger partial charge in [0.05, 0.1) is 5.92 Å². The molecule has 0 spiro atoms. The molecule has 120 valence electrons. The average Bonchev–Trinajstić information content (AvgIpc) is 3.06. The predicted molar refractivity (Wildman–Crippen MR) is 84.7 cm³/mol. The second-order valence-electron chi connectivity index (χ2n) is 7.75. The number of fused-ring (bicyclic) bond motifs is 2. The molecule has 1 saturated heterocycles. The minimum absolute atomic E-state index is 0.0809. The van der Waals surface area contributed by atoms with E-state index in [4.69, 9.17) is 5.73 Å². The standard InChI is InChI=1S/C17H31N3O/c1-11-5-7-20(8-6-11)12(2)10-19-17(21)15-13-3-4-14(9-13)16(15)18/h11-16H,3-10,18H2,1-2H3,(H,19,21). The third kappa shape index (κ3) is 3.11. The van der Waals surface area contributed by atoms with E-state index in [1.165, 1.54) is 45.2 Å². The highest BCUT2D eigenvalue weighted by Crippen LogP contribution is 2.47. The molecule has 0 aromatic heterocycles. The SMILES string of the molecule is CC1CCN(C(C)CNC(=O)C2C3CCC(C3)C2N)CC1. The van der Waals surface area contributed by atoms with E-state index in [9.17, 15) is 4.79 Å². The Morgan fingerprint density at radius 2 is 1.90 bits per heavy atom. The third-order valence-electron chi connectivity index (χ3n) is 6.30. The van der Waals surface area contributed by atoms with Crippen molar-refractivity contribution in [3.63, 3.8) is 0 Å². The maximum Gasteiger partial charge on any atom is 0.225 e. The Kier molecular flexibility index (Phi) is 4.55. The van der Waals surface area contributed by atoms with Gasteiger partial charge in [-0.15, -0.1) is 0 Å². The van der Waals surface area contributed by atoms with Gasteiger partial charge >= 0.3 is 0 Å². The number of likely N-dealkylation sites (tertiary alicyclic amines) is 1. The van der Waals surface area contributed by atoms with Gasteiger partial charge < -0.3 is 11.1 Å². The number of carbonyl (C=O) groups excluding carboxylic acids is 1. The Morgan fingerprint density at radius 3 is 2.52 bits per heavy atom. The second-order valence-corrected chi connectivity index (χ2v) is 7.75. The first-order valence-electron chi connectivity index (χ1n) is 8.83. The summed E-state index contributed by atoms with van der Waals surface area (Å²) in [5, 5.41) is 3.19. The zero-order valence-electron chi connectivity index (χ0n) is 13.6. The molecule has 1 amide bonds. The van der Waals surface area contributed by atoms with Crippen molar-refractivity contribution in [2.75, 3.05) is 19.6 Å². The smallest absolute Gasteiger partial charge is 0.225 e. The van der Waals surface area contributed by atoms with Gasteiger partial charge in [0.2, 0.25) is 5.91 Å². The molecule has 0 aromatic carbocycles. The summed E-state index contributed by atoms with van der Waals surface area (Å²) in [4.78, 5) is 15.0. The summed E-state index contributed by atoms with van der Waals surface area (Å²) in [6.07, 6.45) is 6.19. The van der Waals surface area contributed by atoms with Crippen LogP contribution < -0.4 is 11.1 Å². The highest BCUT2D eigenvalue weighted by Gasteiger charge is 2.49. The summed E-state index contributed by atoms with van der Waals surface area (Å²) in [7, 11) is 0. The summed E-state index contributed by atoms with van der Waals surface area (Å²) < 4.78 is 0. The van der Waals surface area contributed by atoms with Crippen molar-refractivity contribution in [1.82, 2.24) is 10.2 Å². The molecule has 2 saturated carbocycles. The number of nitrogens with one attached hydrogen (secondary N) is 1. The van der Waals surface area contributed by atoms with Crippen LogP contribution in [0.5, 0.6) is 0 Å². The highest BCUT2D eigenvalue weighted by molar-refractivity contribution is 5.80. The lowest BCUT2D eigenvalue weighted by atomic mass is 9.84. The second kappa shape index (κ2) is 6.25. The molecule has 3 rings (SSSR count). The Hall–Kier alpha value is -0.610. The zero-order chi connectivity index (χ0) is 15.0. The molecule has 2 bridgehead atoms. The van der Waals surface area contributed by atoms with E-state index in [0.717, 1.165) is 12.5 Å². The molecule has 4 heteroatoms. The molecule has 4 nitrogen and oxygen atoms in total. The third-order valence-corrected chi connectivity index (χ3v) is 6.30. The van der Waals surface area contributed by atoms with Crippen LogP contribution in [-0.2, 0) is 4.79 Å². The van der Waals surface area contributed by atoms with Crippen LogP contribution in [0.3, 0.4) is 0 Å². The van der Waals surface area contributed by atoms with Crippen LogP contribution >= 0.6 is 0 Å². The fourth-order valence-electron chi connectivity index (χ4n) is 4.69. The topological polar surface area (TPSA) is 58.4 Å². The van der Waals surface area contributed by atoms with Crippen molar-refractivity contribution in [3.05, 3.63) is 0 Å². The van der Waals surface area contributed by atoms with Gasteiger partial charge in [-0.1, -0.05) is 6.92 Å². The van der Waals surface area contributed by atoms with E-state index < -0.39 is 0 Å². The van der Waals surface area contributed by atoms with E-state index in [2.05, 4.69) is 24.1 Å². The summed E-state index contributed by atoms with van der Waals surface area (Å²) in [5.41, 5.74) is 6.26. The van der Waals surface area contributed by atoms with Gasteiger partial charge in [0.15, 0.2) is 0 Å². The first-order chi connectivity index (χ1) is 10.1. The monoisotopic (exact) mass is 293 g/mol. The minimum atomic E-state index is 0.0809. The van der Waals surface area contributed by atoms with Crippen molar-refractivity contribution in [1.29, 1.82) is 0 Å². The number of rotatable bonds is 4. The van der Waals surface area contributed by atoms with E-state index in [0.29, 0.717) is 17.9 Å². The molecule has 0 aromatic rings. The van der Waals surface area contributed by atoms with E-state index >= 15 is 0 Å². The van der Waals surface area contributed by atoms with Crippen molar-refractivity contribution in [3.8, 4) is 0 Å². The minimum Gasteiger partial charge on any atom is -0.354 e. The molecule has 21 heavy (non-hydrogen) atoms. The summed E-state index contributed by atoms with van der Waals surface area (Å²) in [6.45, 7) is 7.68. The molecule has 0 radical (unpaired) electrons. The van der Waals surface area contributed by atoms with Gasteiger partial charge in [-0.25, -0.2) is 0 Å². The fourth-order valence-corrected chi connectivity index (χ4v) is 4.69. The normalized spacial score (nSPS) is 38.6. The number of carbonyl (C=O) groups is 1. The fraction of sp³-hybridized carbons (Fsp3) is 0.941. The van der Waals surface area contributed by atoms with Gasteiger partial charge in [-0.05, 0) is 69.9 Å². The Morgan fingerprint density at radius 1 is 1.24 bits per heavy atom. The van der Waals surface area contributed by atoms with Gasteiger partial charge in [0, 0.05) is 18.6 Å². The lowest BCUT2D eigenvalue weighted by Crippen LogP contribution is -2.50. The maximum atomic E-state index is 12.5. The van der Waals surface area contributed by atoms with E-state index in [-0.39, 0.29) is 17.9 Å². The van der Waals surface area contributed by atoms with Crippen LogP contribution in [0, 0.1) is 23.7 Å². The van der Waals surface area contributed by atoms with Gasteiger partial charge in [0.25, 0.3) is 0 Å². The van der Waals surface area contributed by atoms with Gasteiger partial charge in [-0.3, -0.25) is 9.69 Å². The molecular weight excluding hydrogens is 262 g/mol. The zero-order valence-corrected chi connectivity index (χ0v) is 13.6. The molecule has 2 aliphatic carbocycles. The first kappa shape index (κ1) is 15.3. The summed E-state index contributed by atoms with van der Waals surface area (Å²) >= 11 is 0. The predicted octanol–water partition coefficient (Wildman–Crippen LogP) is 1.60. The summed E-state index contributed by atoms with van der Waals surface area (Å²) in [5.74, 6) is 2.31. The number of amides is 1. The van der Waals surface area contributed by atoms with E-state index in [1.807, 2.05) is 0 Å². The number of nitrogens with zero attached hydrogens (tertiary/aromatic N) is 1. The van der Waals surface area contributed by atoms with Crippen LogP contribution in [0.2, 0.25) is 0 Å².